The van der Waals surface area contributed by atoms with Gasteiger partial charge in [0.25, 0.3) is 0 Å². The second kappa shape index (κ2) is 7.90. The van der Waals surface area contributed by atoms with E-state index in [-0.39, 0.29) is 5.91 Å². The van der Waals surface area contributed by atoms with Gasteiger partial charge in [-0.25, -0.2) is 0 Å². The van der Waals surface area contributed by atoms with E-state index in [1.165, 1.54) is 25.7 Å². The predicted octanol–water partition coefficient (Wildman–Crippen LogP) is 3.87. The lowest BCUT2D eigenvalue weighted by Crippen LogP contribution is -2.25. The lowest BCUT2D eigenvalue weighted by molar-refractivity contribution is -0.115. The van der Waals surface area contributed by atoms with Crippen molar-refractivity contribution in [1.29, 1.82) is 0 Å². The summed E-state index contributed by atoms with van der Waals surface area (Å²) in [5, 5.41) is 11.7. The molecule has 5 heteroatoms. The van der Waals surface area contributed by atoms with Crippen LogP contribution in [0.5, 0.6) is 0 Å². The number of anilines is 2. The van der Waals surface area contributed by atoms with E-state index in [0.29, 0.717) is 6.42 Å². The number of nitrogens with zero attached hydrogens (tertiary/aromatic N) is 3. The van der Waals surface area contributed by atoms with Gasteiger partial charge in [0, 0.05) is 30.8 Å². The van der Waals surface area contributed by atoms with Crippen LogP contribution in [0.4, 0.5) is 11.5 Å². The van der Waals surface area contributed by atoms with Crippen molar-refractivity contribution in [2.75, 3.05) is 23.3 Å². The lowest BCUT2D eigenvalue weighted by Gasteiger charge is -2.20. The topological polar surface area (TPSA) is 58.1 Å². The van der Waals surface area contributed by atoms with E-state index in [2.05, 4.69) is 20.4 Å². The van der Waals surface area contributed by atoms with Crippen LogP contribution in [0.15, 0.2) is 36.4 Å². The predicted molar refractivity (Wildman–Crippen MR) is 97.1 cm³/mol. The highest BCUT2D eigenvalue weighted by Crippen LogP contribution is 2.23. The fourth-order valence-corrected chi connectivity index (χ4v) is 2.95. The van der Waals surface area contributed by atoms with Gasteiger partial charge in [-0.3, -0.25) is 4.79 Å². The Labute approximate surface area is 143 Å². The molecule has 0 atom stereocenters. The Hall–Kier alpha value is -2.43. The van der Waals surface area contributed by atoms with Crippen LogP contribution in [0.2, 0.25) is 0 Å². The van der Waals surface area contributed by atoms with Crippen LogP contribution in [-0.2, 0) is 4.79 Å². The molecule has 1 aliphatic rings. The number of carbonyl (C=O) groups excluding carboxylic acids is 1. The maximum atomic E-state index is 11.5. The number of rotatable bonds is 4. The number of hydrogen-bond donors (Lipinski definition) is 1. The first-order chi connectivity index (χ1) is 11.8. The van der Waals surface area contributed by atoms with Gasteiger partial charge in [-0.05, 0) is 37.1 Å². The van der Waals surface area contributed by atoms with Gasteiger partial charge in [-0.2, -0.15) is 0 Å². The average molecular weight is 324 g/mol. The molecule has 1 aromatic heterocycles. The summed E-state index contributed by atoms with van der Waals surface area (Å²) < 4.78 is 0. The van der Waals surface area contributed by atoms with Gasteiger partial charge in [-0.15, -0.1) is 10.2 Å². The molecule has 0 radical (unpaired) electrons. The van der Waals surface area contributed by atoms with E-state index in [1.807, 2.05) is 43.3 Å². The molecule has 1 N–H and O–H groups in total. The van der Waals surface area contributed by atoms with Gasteiger partial charge >= 0.3 is 0 Å². The van der Waals surface area contributed by atoms with Crippen molar-refractivity contribution in [3.8, 4) is 11.3 Å². The molecule has 0 saturated carbocycles. The van der Waals surface area contributed by atoms with Crippen molar-refractivity contribution in [2.24, 2.45) is 0 Å². The standard InChI is InChI=1S/C19H24N4O/c1-2-19(24)20-16-9-7-8-15(14-16)17-10-11-18(22-21-17)23-12-5-3-4-6-13-23/h7-11,14H,2-6,12-13H2,1H3,(H,20,24). The SMILES string of the molecule is CCC(=O)Nc1cccc(-c2ccc(N3CCCCCC3)nn2)c1. The summed E-state index contributed by atoms with van der Waals surface area (Å²) in [6.07, 6.45) is 5.52. The summed E-state index contributed by atoms with van der Waals surface area (Å²) in [5.41, 5.74) is 2.57. The number of aromatic nitrogens is 2. The van der Waals surface area contributed by atoms with E-state index in [0.717, 1.165) is 35.9 Å². The summed E-state index contributed by atoms with van der Waals surface area (Å²) in [6, 6.07) is 11.8. The largest absolute Gasteiger partial charge is 0.355 e. The van der Waals surface area contributed by atoms with E-state index in [1.54, 1.807) is 0 Å². The van der Waals surface area contributed by atoms with E-state index in [4.69, 9.17) is 0 Å². The molecule has 1 saturated heterocycles. The Morgan fingerprint density at radius 1 is 1.08 bits per heavy atom. The van der Waals surface area contributed by atoms with Gasteiger partial charge in [0.1, 0.15) is 0 Å². The first kappa shape index (κ1) is 16.4. The maximum absolute atomic E-state index is 11.5. The molecular weight excluding hydrogens is 300 g/mol. The minimum Gasteiger partial charge on any atom is -0.355 e. The molecule has 5 nitrogen and oxygen atoms in total. The highest BCUT2D eigenvalue weighted by Gasteiger charge is 2.12. The van der Waals surface area contributed by atoms with E-state index < -0.39 is 0 Å². The first-order valence-electron chi connectivity index (χ1n) is 8.75. The summed E-state index contributed by atoms with van der Waals surface area (Å²) in [5.74, 6) is 0.964. The molecule has 2 aromatic rings. The van der Waals surface area contributed by atoms with Crippen LogP contribution < -0.4 is 10.2 Å². The van der Waals surface area contributed by atoms with Crippen molar-refractivity contribution in [2.45, 2.75) is 39.0 Å². The minimum absolute atomic E-state index is 0.00902. The number of carbonyl (C=O) groups is 1. The van der Waals surface area contributed by atoms with Crippen molar-refractivity contribution < 1.29 is 4.79 Å². The Morgan fingerprint density at radius 2 is 1.88 bits per heavy atom. The zero-order valence-corrected chi connectivity index (χ0v) is 14.2. The van der Waals surface area contributed by atoms with E-state index in [9.17, 15) is 4.79 Å². The summed E-state index contributed by atoms with van der Waals surface area (Å²) in [4.78, 5) is 13.9. The molecule has 1 aliphatic heterocycles. The van der Waals surface area contributed by atoms with Gasteiger partial charge in [0.15, 0.2) is 5.82 Å². The zero-order valence-electron chi connectivity index (χ0n) is 14.2. The summed E-state index contributed by atoms with van der Waals surface area (Å²) in [6.45, 7) is 3.96. The van der Waals surface area contributed by atoms with Crippen molar-refractivity contribution >= 4 is 17.4 Å². The van der Waals surface area contributed by atoms with Gasteiger partial charge < -0.3 is 10.2 Å². The van der Waals surface area contributed by atoms with Crippen LogP contribution in [0.25, 0.3) is 11.3 Å². The normalized spacial score (nSPS) is 15.0. The van der Waals surface area contributed by atoms with Gasteiger partial charge in [0.2, 0.25) is 5.91 Å². The first-order valence-corrected chi connectivity index (χ1v) is 8.75. The van der Waals surface area contributed by atoms with Crippen LogP contribution >= 0.6 is 0 Å². The molecule has 24 heavy (non-hydrogen) atoms. The van der Waals surface area contributed by atoms with Crippen molar-refractivity contribution in [1.82, 2.24) is 10.2 Å². The molecule has 0 bridgehead atoms. The third-order valence-corrected chi connectivity index (χ3v) is 4.34. The lowest BCUT2D eigenvalue weighted by atomic mass is 10.1. The van der Waals surface area contributed by atoms with Crippen molar-refractivity contribution in [3.05, 3.63) is 36.4 Å². The Morgan fingerprint density at radius 3 is 2.54 bits per heavy atom. The Bertz CT molecular complexity index is 676. The van der Waals surface area contributed by atoms with Gasteiger partial charge in [-0.1, -0.05) is 31.9 Å². The van der Waals surface area contributed by atoms with E-state index >= 15 is 0 Å². The fourth-order valence-electron chi connectivity index (χ4n) is 2.95. The van der Waals surface area contributed by atoms with Crippen LogP contribution in [0.3, 0.4) is 0 Å². The Kier molecular flexibility index (Phi) is 5.41. The quantitative estimate of drug-likeness (QED) is 0.927. The van der Waals surface area contributed by atoms with Crippen molar-refractivity contribution in [3.63, 3.8) is 0 Å². The maximum Gasteiger partial charge on any atom is 0.224 e. The third kappa shape index (κ3) is 4.10. The third-order valence-electron chi connectivity index (χ3n) is 4.34. The number of amides is 1. The fraction of sp³-hybridized carbons (Fsp3) is 0.421. The number of nitrogens with one attached hydrogen (secondary N) is 1. The summed E-state index contributed by atoms with van der Waals surface area (Å²) in [7, 11) is 0. The Balaban J connectivity index is 1.75. The highest BCUT2D eigenvalue weighted by atomic mass is 16.1. The monoisotopic (exact) mass is 324 g/mol. The van der Waals surface area contributed by atoms with Crippen LogP contribution in [-0.4, -0.2) is 29.2 Å². The highest BCUT2D eigenvalue weighted by molar-refractivity contribution is 5.91. The molecule has 3 rings (SSSR count). The minimum atomic E-state index is 0.00902. The molecular formula is C19H24N4O. The molecule has 1 aromatic carbocycles. The van der Waals surface area contributed by atoms with Gasteiger partial charge in [0.05, 0.1) is 5.69 Å². The van der Waals surface area contributed by atoms with Crippen LogP contribution in [0.1, 0.15) is 39.0 Å². The number of benzene rings is 1. The molecule has 0 aliphatic carbocycles. The molecule has 1 fully saturated rings. The smallest absolute Gasteiger partial charge is 0.224 e. The molecule has 2 heterocycles. The molecule has 0 spiro atoms. The van der Waals surface area contributed by atoms with Crippen LogP contribution in [0, 0.1) is 0 Å². The molecule has 0 unspecified atom stereocenters. The average Bonchev–Trinajstić information content (AvgIpc) is 2.91. The second-order valence-corrected chi connectivity index (χ2v) is 6.16. The number of hydrogen-bond acceptors (Lipinski definition) is 4. The molecule has 126 valence electrons. The zero-order chi connectivity index (χ0) is 16.8. The summed E-state index contributed by atoms with van der Waals surface area (Å²) >= 11 is 0. The second-order valence-electron chi connectivity index (χ2n) is 6.16. The molecule has 1 amide bonds.